The van der Waals surface area contributed by atoms with E-state index in [9.17, 15) is 33.6 Å². The molecule has 0 spiro atoms. The van der Waals surface area contributed by atoms with E-state index in [2.05, 4.69) is 10.3 Å². The van der Waals surface area contributed by atoms with Gasteiger partial charge in [-0.3, -0.25) is 19.2 Å². The van der Waals surface area contributed by atoms with Gasteiger partial charge in [-0.05, 0) is 42.7 Å². The molecule has 0 aliphatic carbocycles. The van der Waals surface area contributed by atoms with Gasteiger partial charge in [0.15, 0.2) is 18.1 Å². The molecule has 0 unspecified atom stereocenters. The monoisotopic (exact) mass is 725 g/mol. The summed E-state index contributed by atoms with van der Waals surface area (Å²) in [6.45, 7) is 5.05. The number of amides is 5. The molecule has 0 radical (unpaired) electrons. The predicted molar refractivity (Wildman–Crippen MR) is 179 cm³/mol. The minimum absolute atomic E-state index is 0.0128. The molecule has 1 fully saturated rings. The Bertz CT molecular complexity index is 1450. The second-order valence-electron chi connectivity index (χ2n) is 10.4. The zero-order valence-electron chi connectivity index (χ0n) is 28.3. The zero-order valence-corrected chi connectivity index (χ0v) is 29.9. The van der Waals surface area contributed by atoms with Gasteiger partial charge in [0, 0.05) is 58.4 Å². The Labute approximate surface area is 291 Å². The number of hydrogen-bond donors (Lipinski definition) is 1. The minimum atomic E-state index is -1.32. The SMILES string of the molecule is CC.Cc1oc(=O)oc1COC(=O)N(C)CCNC(=O)[C@H](CC(=O)ON1C(=O)CCC1=O)N(C)C(=O)CCCCCSSc1ccccn1. The normalized spacial score (nSPS) is 12.9. The molecular formula is C31H43N5O11S2. The fourth-order valence-corrected chi connectivity index (χ4v) is 6.15. The van der Waals surface area contributed by atoms with Crippen molar-refractivity contribution in [3.8, 4) is 0 Å². The van der Waals surface area contributed by atoms with Gasteiger partial charge in [-0.15, -0.1) is 5.06 Å². The summed E-state index contributed by atoms with van der Waals surface area (Å²) in [4.78, 5) is 97.6. The highest BCUT2D eigenvalue weighted by Crippen LogP contribution is 2.29. The first-order valence-corrected chi connectivity index (χ1v) is 18.1. The van der Waals surface area contributed by atoms with Crippen LogP contribution in [-0.2, 0) is 40.2 Å². The molecule has 1 saturated heterocycles. The van der Waals surface area contributed by atoms with Crippen LogP contribution in [0.4, 0.5) is 4.79 Å². The number of rotatable bonds is 18. The van der Waals surface area contributed by atoms with Gasteiger partial charge in [0.05, 0.1) is 6.42 Å². The van der Waals surface area contributed by atoms with Crippen LogP contribution in [0.5, 0.6) is 0 Å². The second kappa shape index (κ2) is 21.6. The van der Waals surface area contributed by atoms with Crippen molar-refractivity contribution in [1.29, 1.82) is 0 Å². The van der Waals surface area contributed by atoms with Crippen molar-refractivity contribution >= 4 is 57.3 Å². The molecule has 5 amide bonds. The molecule has 1 N–H and O–H groups in total. The summed E-state index contributed by atoms with van der Waals surface area (Å²) in [5.41, 5.74) is 0. The van der Waals surface area contributed by atoms with Crippen molar-refractivity contribution < 1.29 is 47.2 Å². The number of imide groups is 1. The molecule has 49 heavy (non-hydrogen) atoms. The number of nitrogens with zero attached hydrogens (tertiary/aromatic N) is 4. The van der Waals surface area contributed by atoms with Crippen LogP contribution in [0.1, 0.15) is 70.3 Å². The van der Waals surface area contributed by atoms with E-state index < -0.39 is 48.1 Å². The lowest BCUT2D eigenvalue weighted by atomic mass is 10.1. The van der Waals surface area contributed by atoms with E-state index >= 15 is 0 Å². The first-order chi connectivity index (χ1) is 23.5. The lowest BCUT2D eigenvalue weighted by Gasteiger charge is -2.27. The molecule has 0 bridgehead atoms. The number of nitrogens with one attached hydrogen (secondary N) is 1. The maximum absolute atomic E-state index is 13.2. The smallest absolute Gasteiger partial charge is 0.441 e. The average molecular weight is 726 g/mol. The molecule has 2 aromatic rings. The molecule has 1 aliphatic rings. The molecule has 2 aromatic heterocycles. The number of hydrogen-bond acceptors (Lipinski definition) is 14. The van der Waals surface area contributed by atoms with Crippen molar-refractivity contribution in [3.63, 3.8) is 0 Å². The highest BCUT2D eigenvalue weighted by Gasteiger charge is 2.35. The molecule has 0 aromatic carbocycles. The molecular weight excluding hydrogens is 682 g/mol. The Kier molecular flexibility index (Phi) is 18.0. The molecule has 18 heteroatoms. The minimum Gasteiger partial charge on any atom is -0.441 e. The summed E-state index contributed by atoms with van der Waals surface area (Å²) in [5.74, 6) is -3.32. The van der Waals surface area contributed by atoms with E-state index in [-0.39, 0.29) is 56.4 Å². The molecule has 3 heterocycles. The molecule has 1 aliphatic heterocycles. The van der Waals surface area contributed by atoms with Gasteiger partial charge in [0.2, 0.25) is 11.8 Å². The number of hydroxylamine groups is 2. The second-order valence-corrected chi connectivity index (χ2v) is 12.8. The van der Waals surface area contributed by atoms with E-state index in [1.54, 1.807) is 27.8 Å². The summed E-state index contributed by atoms with van der Waals surface area (Å²) in [6.07, 6.45) is 2.45. The van der Waals surface area contributed by atoms with Crippen LogP contribution < -0.4 is 11.1 Å². The number of carbonyl (C=O) groups excluding carboxylic acids is 6. The van der Waals surface area contributed by atoms with Crippen LogP contribution in [0.15, 0.2) is 43.1 Å². The van der Waals surface area contributed by atoms with Crippen LogP contribution >= 0.6 is 21.6 Å². The quantitative estimate of drug-likeness (QED) is 0.133. The summed E-state index contributed by atoms with van der Waals surface area (Å²) in [7, 11) is 6.04. The third kappa shape index (κ3) is 14.0. The Balaban J connectivity index is 0.00000409. The van der Waals surface area contributed by atoms with Gasteiger partial charge >= 0.3 is 17.9 Å². The van der Waals surface area contributed by atoms with Crippen molar-refractivity contribution in [2.45, 2.75) is 83.4 Å². The van der Waals surface area contributed by atoms with Crippen molar-refractivity contribution in [2.75, 3.05) is 32.9 Å². The van der Waals surface area contributed by atoms with Gasteiger partial charge < -0.3 is 33.5 Å². The Hall–Kier alpha value is -4.32. The number of likely N-dealkylation sites (N-methyl/N-ethyl adjacent to an activating group) is 2. The van der Waals surface area contributed by atoms with E-state index in [4.69, 9.17) is 18.4 Å². The number of carbonyl (C=O) groups is 6. The summed E-state index contributed by atoms with van der Waals surface area (Å²) in [5, 5.41) is 3.88. The van der Waals surface area contributed by atoms with Gasteiger partial charge in [0.1, 0.15) is 11.1 Å². The van der Waals surface area contributed by atoms with E-state index in [0.29, 0.717) is 11.5 Å². The van der Waals surface area contributed by atoms with E-state index in [1.807, 2.05) is 32.0 Å². The first-order valence-electron chi connectivity index (χ1n) is 15.7. The van der Waals surface area contributed by atoms with Crippen LogP contribution in [0.25, 0.3) is 0 Å². The van der Waals surface area contributed by atoms with Gasteiger partial charge in [-0.1, -0.05) is 37.1 Å². The lowest BCUT2D eigenvalue weighted by Crippen LogP contribution is -2.50. The number of aromatic nitrogens is 1. The molecule has 1 atom stereocenters. The number of aryl methyl sites for hydroxylation is 1. The van der Waals surface area contributed by atoms with Crippen LogP contribution in [0.2, 0.25) is 0 Å². The van der Waals surface area contributed by atoms with Crippen molar-refractivity contribution in [3.05, 3.63) is 46.5 Å². The Morgan fingerprint density at radius 3 is 2.39 bits per heavy atom. The van der Waals surface area contributed by atoms with Crippen LogP contribution in [0, 0.1) is 6.92 Å². The Morgan fingerprint density at radius 2 is 1.76 bits per heavy atom. The number of unbranched alkanes of at least 4 members (excludes halogenated alkanes) is 2. The fraction of sp³-hybridized carbons (Fsp3) is 0.548. The fourth-order valence-electron chi connectivity index (χ4n) is 4.12. The maximum Gasteiger partial charge on any atom is 0.519 e. The van der Waals surface area contributed by atoms with Crippen molar-refractivity contribution in [2.24, 2.45) is 0 Å². The average Bonchev–Trinajstić information content (AvgIpc) is 3.59. The largest absolute Gasteiger partial charge is 0.519 e. The summed E-state index contributed by atoms with van der Waals surface area (Å²) in [6, 6.07) is 4.37. The van der Waals surface area contributed by atoms with Crippen molar-refractivity contribution in [1.82, 2.24) is 25.2 Å². The molecule has 0 saturated carbocycles. The first kappa shape index (κ1) is 40.9. The third-order valence-corrected chi connectivity index (χ3v) is 9.19. The van der Waals surface area contributed by atoms with Crippen LogP contribution in [-0.4, -0.2) is 94.5 Å². The van der Waals surface area contributed by atoms with Gasteiger partial charge in [0.25, 0.3) is 11.8 Å². The van der Waals surface area contributed by atoms with Gasteiger partial charge in [-0.2, -0.15) is 0 Å². The predicted octanol–water partition coefficient (Wildman–Crippen LogP) is 3.47. The maximum atomic E-state index is 13.2. The highest BCUT2D eigenvalue weighted by molar-refractivity contribution is 8.76. The zero-order chi connectivity index (χ0) is 36.3. The van der Waals surface area contributed by atoms with E-state index in [0.717, 1.165) is 33.4 Å². The molecule has 270 valence electrons. The van der Waals surface area contributed by atoms with Crippen LogP contribution in [0.3, 0.4) is 0 Å². The third-order valence-electron chi connectivity index (χ3n) is 6.84. The number of pyridine rings is 1. The molecule has 16 nitrogen and oxygen atoms in total. The Morgan fingerprint density at radius 1 is 1.04 bits per heavy atom. The highest BCUT2D eigenvalue weighted by atomic mass is 33.1. The van der Waals surface area contributed by atoms with Gasteiger partial charge in [-0.25, -0.2) is 19.4 Å². The summed E-state index contributed by atoms with van der Waals surface area (Å²) < 4.78 is 14.6. The summed E-state index contributed by atoms with van der Waals surface area (Å²) >= 11 is 0. The lowest BCUT2D eigenvalue weighted by molar-refractivity contribution is -0.198. The number of ether oxygens (including phenoxy) is 1. The topological polar surface area (TPSA) is 199 Å². The van der Waals surface area contributed by atoms with E-state index in [1.165, 1.54) is 21.0 Å². The molecule has 3 rings (SSSR count). The standard InChI is InChI=1S/C29H37N5O11S2.C2H6/c1-19-21(44-29(41)43-19)18-42-28(40)32(2)15-14-31-27(39)20(17-26(38)45-34-24(36)11-12-25(34)37)33(3)23(35)10-5-4-8-16-46-47-22-9-6-7-13-30-22;1-2/h6-7,9,13,20H,4-5,8,10-12,14-18H2,1-3H3,(H,31,39);1-2H3/t20-;/m0./s1.